The number of piperidine rings is 1. The molecule has 4 nitrogen and oxygen atoms in total. The first-order valence-corrected chi connectivity index (χ1v) is 9.43. The van der Waals surface area contributed by atoms with Crippen LogP contribution in [0.5, 0.6) is 0 Å². The highest BCUT2D eigenvalue weighted by Crippen LogP contribution is 2.29. The Morgan fingerprint density at radius 3 is 2.67 bits per heavy atom. The lowest BCUT2D eigenvalue weighted by Gasteiger charge is -2.32. The number of nitrogens with one attached hydrogen (secondary N) is 1. The van der Waals surface area contributed by atoms with Crippen molar-refractivity contribution in [3.8, 4) is 0 Å². The van der Waals surface area contributed by atoms with E-state index in [1.165, 1.54) is 50.9 Å². The van der Waals surface area contributed by atoms with Crippen LogP contribution in [0.25, 0.3) is 0 Å². The summed E-state index contributed by atoms with van der Waals surface area (Å²) in [5.41, 5.74) is 7.84. The van der Waals surface area contributed by atoms with Crippen LogP contribution in [0.15, 0.2) is 24.3 Å². The smallest absolute Gasteiger partial charge is 0.226 e. The maximum absolute atomic E-state index is 11.9. The van der Waals surface area contributed by atoms with Crippen molar-refractivity contribution in [2.75, 3.05) is 31.5 Å². The minimum atomic E-state index is 0.0103. The minimum Gasteiger partial charge on any atom is -0.330 e. The summed E-state index contributed by atoms with van der Waals surface area (Å²) in [5.74, 6) is 0.705. The van der Waals surface area contributed by atoms with Crippen LogP contribution < -0.4 is 11.1 Å². The van der Waals surface area contributed by atoms with Crippen molar-refractivity contribution >= 4 is 11.6 Å². The zero-order chi connectivity index (χ0) is 17.4. The largest absolute Gasteiger partial charge is 0.330 e. The number of hydrogen-bond donors (Lipinski definition) is 2. The minimum absolute atomic E-state index is 0.0103. The first-order valence-electron chi connectivity index (χ1n) is 9.43. The van der Waals surface area contributed by atoms with Gasteiger partial charge in [-0.1, -0.05) is 32.4 Å². The van der Waals surface area contributed by atoms with E-state index < -0.39 is 0 Å². The second kappa shape index (κ2) is 9.80. The number of benzene rings is 1. The van der Waals surface area contributed by atoms with E-state index in [0.29, 0.717) is 5.92 Å². The first kappa shape index (κ1) is 18.9. The van der Waals surface area contributed by atoms with E-state index in [1.807, 2.05) is 19.9 Å². The van der Waals surface area contributed by atoms with Gasteiger partial charge >= 0.3 is 0 Å². The Bertz CT molecular complexity index is 507. The van der Waals surface area contributed by atoms with Gasteiger partial charge in [0.05, 0.1) is 0 Å². The van der Waals surface area contributed by atoms with E-state index >= 15 is 0 Å². The molecule has 1 aromatic rings. The third-order valence-electron chi connectivity index (χ3n) is 4.92. The fraction of sp³-hybridized carbons (Fsp3) is 0.650. The molecule has 1 fully saturated rings. The predicted octanol–water partition coefficient (Wildman–Crippen LogP) is 3.59. The van der Waals surface area contributed by atoms with Crippen molar-refractivity contribution in [2.45, 2.75) is 51.9 Å². The standard InChI is InChI=1S/C20H33N3O/c1-16(2)20(24)22-19-8-6-7-18(15-19)17-9-13-23(14-10-17)12-5-3-4-11-21/h6-8,15-17H,3-5,9-14,21H2,1-2H3,(H,22,24). The number of rotatable bonds is 8. The molecular formula is C20H33N3O. The molecule has 0 saturated carbocycles. The molecule has 0 aliphatic carbocycles. The molecule has 1 aromatic carbocycles. The quantitative estimate of drug-likeness (QED) is 0.716. The average molecular weight is 332 g/mol. The van der Waals surface area contributed by atoms with Crippen LogP contribution in [0.1, 0.15) is 57.4 Å². The summed E-state index contributed by atoms with van der Waals surface area (Å²) >= 11 is 0. The van der Waals surface area contributed by atoms with Gasteiger partial charge in [0, 0.05) is 11.6 Å². The number of nitrogens with zero attached hydrogens (tertiary/aromatic N) is 1. The lowest BCUT2D eigenvalue weighted by Crippen LogP contribution is -2.33. The number of likely N-dealkylation sites (tertiary alicyclic amines) is 1. The van der Waals surface area contributed by atoms with Gasteiger partial charge in [-0.3, -0.25) is 4.79 Å². The van der Waals surface area contributed by atoms with Gasteiger partial charge in [-0.15, -0.1) is 0 Å². The summed E-state index contributed by atoms with van der Waals surface area (Å²) in [6, 6.07) is 8.40. The molecular weight excluding hydrogens is 298 g/mol. The summed E-state index contributed by atoms with van der Waals surface area (Å²) < 4.78 is 0. The highest BCUT2D eigenvalue weighted by Gasteiger charge is 2.20. The van der Waals surface area contributed by atoms with Crippen LogP contribution >= 0.6 is 0 Å². The Kier molecular flexibility index (Phi) is 7.73. The van der Waals surface area contributed by atoms with E-state index in [9.17, 15) is 4.79 Å². The molecule has 1 amide bonds. The molecule has 0 unspecified atom stereocenters. The van der Waals surface area contributed by atoms with E-state index in [-0.39, 0.29) is 11.8 Å². The number of carbonyl (C=O) groups excluding carboxylic acids is 1. The van der Waals surface area contributed by atoms with E-state index in [1.54, 1.807) is 0 Å². The summed E-state index contributed by atoms with van der Waals surface area (Å²) in [5, 5.41) is 3.01. The molecule has 1 saturated heterocycles. The number of carbonyl (C=O) groups is 1. The molecule has 0 radical (unpaired) electrons. The highest BCUT2D eigenvalue weighted by molar-refractivity contribution is 5.92. The molecule has 1 aliphatic heterocycles. The third kappa shape index (κ3) is 5.91. The third-order valence-corrected chi connectivity index (χ3v) is 4.92. The Hall–Kier alpha value is -1.39. The molecule has 134 valence electrons. The second-order valence-electron chi connectivity index (χ2n) is 7.23. The summed E-state index contributed by atoms with van der Waals surface area (Å²) in [4.78, 5) is 14.4. The Labute approximate surface area is 146 Å². The van der Waals surface area contributed by atoms with Crippen molar-refractivity contribution in [1.82, 2.24) is 4.90 Å². The molecule has 0 atom stereocenters. The molecule has 0 bridgehead atoms. The molecule has 24 heavy (non-hydrogen) atoms. The Morgan fingerprint density at radius 1 is 1.25 bits per heavy atom. The van der Waals surface area contributed by atoms with Crippen LogP contribution in [-0.4, -0.2) is 37.0 Å². The Morgan fingerprint density at radius 2 is 2.00 bits per heavy atom. The van der Waals surface area contributed by atoms with Crippen molar-refractivity contribution in [3.63, 3.8) is 0 Å². The maximum Gasteiger partial charge on any atom is 0.226 e. The first-order chi connectivity index (χ1) is 11.6. The number of anilines is 1. The topological polar surface area (TPSA) is 58.4 Å². The van der Waals surface area contributed by atoms with Crippen LogP contribution in [-0.2, 0) is 4.79 Å². The fourth-order valence-corrected chi connectivity index (χ4v) is 3.30. The van der Waals surface area contributed by atoms with Gasteiger partial charge < -0.3 is 16.0 Å². The van der Waals surface area contributed by atoms with Crippen LogP contribution in [0.2, 0.25) is 0 Å². The number of unbranched alkanes of at least 4 members (excludes halogenated alkanes) is 2. The van der Waals surface area contributed by atoms with Crippen molar-refractivity contribution < 1.29 is 4.79 Å². The van der Waals surface area contributed by atoms with Gasteiger partial charge in [0.1, 0.15) is 0 Å². The van der Waals surface area contributed by atoms with Gasteiger partial charge in [-0.05, 0) is 75.5 Å². The zero-order valence-electron chi connectivity index (χ0n) is 15.3. The van der Waals surface area contributed by atoms with Crippen LogP contribution in [0.3, 0.4) is 0 Å². The Balaban J connectivity index is 1.82. The molecule has 4 heteroatoms. The lowest BCUT2D eigenvalue weighted by molar-refractivity contribution is -0.118. The van der Waals surface area contributed by atoms with E-state index in [2.05, 4.69) is 28.4 Å². The number of amides is 1. The molecule has 1 heterocycles. The molecule has 3 N–H and O–H groups in total. The normalized spacial score (nSPS) is 16.5. The van der Waals surface area contributed by atoms with E-state index in [4.69, 9.17) is 5.73 Å². The second-order valence-corrected chi connectivity index (χ2v) is 7.23. The number of nitrogens with two attached hydrogens (primary N) is 1. The van der Waals surface area contributed by atoms with E-state index in [0.717, 1.165) is 18.7 Å². The van der Waals surface area contributed by atoms with Crippen molar-refractivity contribution in [1.29, 1.82) is 0 Å². The fourth-order valence-electron chi connectivity index (χ4n) is 3.30. The van der Waals surface area contributed by atoms with Crippen LogP contribution in [0.4, 0.5) is 5.69 Å². The SMILES string of the molecule is CC(C)C(=O)Nc1cccc(C2CCN(CCCCCN)CC2)c1. The van der Waals surface area contributed by atoms with Gasteiger partial charge in [0.15, 0.2) is 0 Å². The van der Waals surface area contributed by atoms with Gasteiger partial charge in [0.25, 0.3) is 0 Å². The van der Waals surface area contributed by atoms with Crippen LogP contribution in [0, 0.1) is 5.92 Å². The summed E-state index contributed by atoms with van der Waals surface area (Å²) in [7, 11) is 0. The predicted molar refractivity (Wildman–Crippen MR) is 101 cm³/mol. The van der Waals surface area contributed by atoms with Crippen molar-refractivity contribution in [3.05, 3.63) is 29.8 Å². The number of hydrogen-bond acceptors (Lipinski definition) is 3. The van der Waals surface area contributed by atoms with Crippen molar-refractivity contribution in [2.24, 2.45) is 11.7 Å². The maximum atomic E-state index is 11.9. The zero-order valence-corrected chi connectivity index (χ0v) is 15.3. The van der Waals surface area contributed by atoms with Gasteiger partial charge in [0.2, 0.25) is 5.91 Å². The molecule has 1 aliphatic rings. The summed E-state index contributed by atoms with van der Waals surface area (Å²) in [6.07, 6.45) is 6.06. The monoisotopic (exact) mass is 331 g/mol. The van der Waals surface area contributed by atoms with Gasteiger partial charge in [-0.2, -0.15) is 0 Å². The average Bonchev–Trinajstić information content (AvgIpc) is 2.59. The highest BCUT2D eigenvalue weighted by atomic mass is 16.1. The molecule has 2 rings (SSSR count). The lowest BCUT2D eigenvalue weighted by atomic mass is 9.89. The summed E-state index contributed by atoms with van der Waals surface area (Å²) in [6.45, 7) is 8.21. The van der Waals surface area contributed by atoms with Gasteiger partial charge in [-0.25, -0.2) is 0 Å². The molecule has 0 aromatic heterocycles. The molecule has 0 spiro atoms.